The van der Waals surface area contributed by atoms with Gasteiger partial charge in [0.2, 0.25) is 0 Å². The van der Waals surface area contributed by atoms with Crippen LogP contribution in [0.1, 0.15) is 4.88 Å². The molecule has 0 aliphatic rings. The summed E-state index contributed by atoms with van der Waals surface area (Å²) in [6.07, 6.45) is 1.80. The van der Waals surface area contributed by atoms with Gasteiger partial charge in [-0.05, 0) is 34.1 Å². The number of hydrogen-bond donors (Lipinski definition) is 1. The van der Waals surface area contributed by atoms with Crippen LogP contribution >= 0.6 is 27.3 Å². The van der Waals surface area contributed by atoms with Gasteiger partial charge in [0.05, 0.1) is 16.5 Å². The molecule has 1 aromatic carbocycles. The minimum absolute atomic E-state index is 0.260. The van der Waals surface area contributed by atoms with E-state index < -0.39 is 0 Å². The number of hydrogen-bond acceptors (Lipinski definition) is 3. The molecule has 0 atom stereocenters. The molecule has 2 nitrogen and oxygen atoms in total. The third-order valence-corrected chi connectivity index (χ3v) is 3.29. The van der Waals surface area contributed by atoms with Crippen molar-refractivity contribution in [2.45, 2.75) is 6.54 Å². The summed E-state index contributed by atoms with van der Waals surface area (Å²) in [5.74, 6) is -0.260. The van der Waals surface area contributed by atoms with Crippen molar-refractivity contribution < 1.29 is 4.39 Å². The Balaban J connectivity index is 2.02. The molecule has 0 aliphatic heterocycles. The number of nitrogens with zero attached hydrogens (tertiary/aromatic N) is 1. The minimum Gasteiger partial charge on any atom is -0.380 e. The molecule has 0 bridgehead atoms. The van der Waals surface area contributed by atoms with Crippen molar-refractivity contribution >= 4 is 33.0 Å². The first kappa shape index (κ1) is 10.6. The highest BCUT2D eigenvalue weighted by molar-refractivity contribution is 9.10. The molecule has 0 fully saturated rings. The van der Waals surface area contributed by atoms with E-state index in [0.29, 0.717) is 11.0 Å². The van der Waals surface area contributed by atoms with Gasteiger partial charge in [0, 0.05) is 16.8 Å². The molecule has 0 unspecified atom stereocenters. The van der Waals surface area contributed by atoms with E-state index in [1.807, 2.05) is 6.07 Å². The van der Waals surface area contributed by atoms with E-state index in [1.54, 1.807) is 29.1 Å². The van der Waals surface area contributed by atoms with Crippen molar-refractivity contribution in [3.05, 3.63) is 45.1 Å². The molecule has 1 heterocycles. The summed E-state index contributed by atoms with van der Waals surface area (Å²) in [5, 5.41) is 3.12. The predicted octanol–water partition coefficient (Wildman–Crippen LogP) is 3.66. The van der Waals surface area contributed by atoms with Crippen LogP contribution in [-0.4, -0.2) is 4.98 Å². The number of aromatic nitrogens is 1. The van der Waals surface area contributed by atoms with Gasteiger partial charge in [0.1, 0.15) is 5.82 Å². The Hall–Kier alpha value is -0.940. The lowest BCUT2D eigenvalue weighted by Crippen LogP contribution is -1.97. The largest absolute Gasteiger partial charge is 0.380 e. The Kier molecular flexibility index (Phi) is 3.33. The highest BCUT2D eigenvalue weighted by Gasteiger charge is 2.00. The fourth-order valence-corrected chi connectivity index (χ4v) is 1.91. The molecule has 5 heteroatoms. The van der Waals surface area contributed by atoms with Crippen molar-refractivity contribution in [2.75, 3.05) is 5.32 Å². The molecule has 1 N–H and O–H groups in total. The second-order valence-corrected chi connectivity index (χ2v) is 4.78. The second kappa shape index (κ2) is 4.72. The van der Waals surface area contributed by atoms with E-state index in [-0.39, 0.29) is 5.82 Å². The SMILES string of the molecule is Fc1cc(NCc2cncs2)ccc1Br. The first-order valence-corrected chi connectivity index (χ1v) is 5.99. The van der Waals surface area contributed by atoms with Crippen molar-refractivity contribution in [1.29, 1.82) is 0 Å². The highest BCUT2D eigenvalue weighted by atomic mass is 79.9. The second-order valence-electron chi connectivity index (χ2n) is 2.95. The molecule has 2 rings (SSSR count). The van der Waals surface area contributed by atoms with Crippen LogP contribution in [0.5, 0.6) is 0 Å². The Morgan fingerprint density at radius 3 is 3.00 bits per heavy atom. The average Bonchev–Trinajstić information content (AvgIpc) is 2.73. The van der Waals surface area contributed by atoms with Gasteiger partial charge in [-0.25, -0.2) is 4.39 Å². The van der Waals surface area contributed by atoms with Crippen LogP contribution < -0.4 is 5.32 Å². The Labute approximate surface area is 99.3 Å². The fraction of sp³-hybridized carbons (Fsp3) is 0.100. The number of anilines is 1. The summed E-state index contributed by atoms with van der Waals surface area (Å²) in [5.41, 5.74) is 2.54. The van der Waals surface area contributed by atoms with Crippen LogP contribution in [0.3, 0.4) is 0 Å². The molecule has 15 heavy (non-hydrogen) atoms. The van der Waals surface area contributed by atoms with Gasteiger partial charge in [-0.3, -0.25) is 4.98 Å². The third kappa shape index (κ3) is 2.76. The zero-order chi connectivity index (χ0) is 10.7. The molecule has 2 aromatic rings. The quantitative estimate of drug-likeness (QED) is 0.932. The van der Waals surface area contributed by atoms with Crippen LogP contribution in [0.25, 0.3) is 0 Å². The van der Waals surface area contributed by atoms with Crippen LogP contribution in [0.15, 0.2) is 34.4 Å². The van der Waals surface area contributed by atoms with Crippen molar-refractivity contribution in [3.63, 3.8) is 0 Å². The molecule has 0 aliphatic carbocycles. The van der Waals surface area contributed by atoms with E-state index >= 15 is 0 Å². The van der Waals surface area contributed by atoms with Crippen LogP contribution in [0.2, 0.25) is 0 Å². The molecule has 1 aromatic heterocycles. The maximum absolute atomic E-state index is 13.1. The van der Waals surface area contributed by atoms with Crippen LogP contribution in [-0.2, 0) is 6.54 Å². The summed E-state index contributed by atoms with van der Waals surface area (Å²) in [6, 6.07) is 4.98. The summed E-state index contributed by atoms with van der Waals surface area (Å²) >= 11 is 4.68. The number of rotatable bonds is 3. The fourth-order valence-electron chi connectivity index (χ4n) is 1.12. The molecular weight excluding hydrogens is 279 g/mol. The van der Waals surface area contributed by atoms with Crippen molar-refractivity contribution in [2.24, 2.45) is 0 Å². The monoisotopic (exact) mass is 286 g/mol. The van der Waals surface area contributed by atoms with Gasteiger partial charge in [0.15, 0.2) is 0 Å². The first-order chi connectivity index (χ1) is 7.25. The molecule has 78 valence electrons. The van der Waals surface area contributed by atoms with E-state index in [0.717, 1.165) is 10.6 Å². The third-order valence-electron chi connectivity index (χ3n) is 1.87. The number of nitrogens with one attached hydrogen (secondary N) is 1. The lowest BCUT2D eigenvalue weighted by atomic mass is 10.3. The lowest BCUT2D eigenvalue weighted by Gasteiger charge is -2.04. The molecule has 0 radical (unpaired) electrons. The smallest absolute Gasteiger partial charge is 0.139 e. The van der Waals surface area contributed by atoms with Crippen LogP contribution in [0, 0.1) is 5.82 Å². The summed E-state index contributed by atoms with van der Waals surface area (Å²) in [6.45, 7) is 0.672. The molecule has 0 saturated heterocycles. The standard InChI is InChI=1S/C10H8BrFN2S/c11-9-2-1-7(3-10(9)12)14-5-8-4-13-6-15-8/h1-4,6,14H,5H2. The average molecular weight is 287 g/mol. The van der Waals surface area contributed by atoms with Gasteiger partial charge in [0.25, 0.3) is 0 Å². The van der Waals surface area contributed by atoms with Gasteiger partial charge in [-0.1, -0.05) is 0 Å². The zero-order valence-electron chi connectivity index (χ0n) is 7.71. The zero-order valence-corrected chi connectivity index (χ0v) is 10.1. The van der Waals surface area contributed by atoms with Crippen molar-refractivity contribution in [1.82, 2.24) is 4.98 Å². The summed E-state index contributed by atoms with van der Waals surface area (Å²) in [7, 11) is 0. The number of halogens is 2. The molecule has 0 amide bonds. The normalized spacial score (nSPS) is 10.3. The van der Waals surface area contributed by atoms with E-state index in [2.05, 4.69) is 26.2 Å². The van der Waals surface area contributed by atoms with Gasteiger partial charge < -0.3 is 5.32 Å². The van der Waals surface area contributed by atoms with Gasteiger partial charge in [-0.2, -0.15) is 0 Å². The predicted molar refractivity (Wildman–Crippen MR) is 63.5 cm³/mol. The molecule has 0 saturated carbocycles. The first-order valence-electron chi connectivity index (χ1n) is 4.32. The Morgan fingerprint density at radius 2 is 2.33 bits per heavy atom. The lowest BCUT2D eigenvalue weighted by molar-refractivity contribution is 0.621. The van der Waals surface area contributed by atoms with Crippen molar-refractivity contribution in [3.8, 4) is 0 Å². The van der Waals surface area contributed by atoms with Crippen LogP contribution in [0.4, 0.5) is 10.1 Å². The van der Waals surface area contributed by atoms with E-state index in [9.17, 15) is 4.39 Å². The van der Waals surface area contributed by atoms with Gasteiger partial charge >= 0.3 is 0 Å². The molecule has 0 spiro atoms. The maximum Gasteiger partial charge on any atom is 0.139 e. The Morgan fingerprint density at radius 1 is 1.47 bits per heavy atom. The Bertz CT molecular complexity index is 445. The summed E-state index contributed by atoms with van der Waals surface area (Å²) in [4.78, 5) is 5.09. The van der Waals surface area contributed by atoms with E-state index in [1.165, 1.54) is 6.07 Å². The number of benzene rings is 1. The van der Waals surface area contributed by atoms with Gasteiger partial charge in [-0.15, -0.1) is 11.3 Å². The topological polar surface area (TPSA) is 24.9 Å². The maximum atomic E-state index is 13.1. The molecular formula is C10H8BrFN2S. The minimum atomic E-state index is -0.260. The summed E-state index contributed by atoms with van der Waals surface area (Å²) < 4.78 is 13.6. The highest BCUT2D eigenvalue weighted by Crippen LogP contribution is 2.20. The van der Waals surface area contributed by atoms with E-state index in [4.69, 9.17) is 0 Å². The number of thiazole rings is 1.